The van der Waals surface area contributed by atoms with E-state index in [1.54, 1.807) is 12.4 Å². The van der Waals surface area contributed by atoms with Crippen molar-refractivity contribution in [1.82, 2.24) is 15.6 Å². The van der Waals surface area contributed by atoms with Crippen LogP contribution in [0, 0.1) is 0 Å². The van der Waals surface area contributed by atoms with Crippen LogP contribution >= 0.6 is 24.2 Å². The van der Waals surface area contributed by atoms with Crippen molar-refractivity contribution in [2.45, 2.75) is 17.4 Å². The molecule has 4 nitrogen and oxygen atoms in total. The van der Waals surface area contributed by atoms with Gasteiger partial charge < -0.3 is 10.6 Å². The number of amides is 1. The van der Waals surface area contributed by atoms with Crippen LogP contribution in [-0.2, 0) is 4.79 Å². The number of carbonyl (C=O) groups excluding carboxylic acids is 1. The number of nitrogens with zero attached hydrogens (tertiary/aromatic N) is 1. The van der Waals surface area contributed by atoms with Crippen LogP contribution in [0.3, 0.4) is 0 Å². The van der Waals surface area contributed by atoms with E-state index in [0.29, 0.717) is 11.8 Å². The maximum Gasteiger partial charge on any atom is 0.230 e. The van der Waals surface area contributed by atoms with E-state index in [4.69, 9.17) is 0 Å². The molecule has 1 aromatic rings. The number of hydrogen-bond donors (Lipinski definition) is 2. The molecule has 94 valence electrons. The number of carbonyl (C=O) groups is 1. The second-order valence-electron chi connectivity index (χ2n) is 3.73. The summed E-state index contributed by atoms with van der Waals surface area (Å²) in [5.41, 5.74) is 0. The lowest BCUT2D eigenvalue weighted by Crippen LogP contribution is -2.37. The Morgan fingerprint density at radius 3 is 2.94 bits per heavy atom. The van der Waals surface area contributed by atoms with Gasteiger partial charge in [-0.3, -0.25) is 9.78 Å². The maximum absolute atomic E-state index is 11.6. The molecule has 1 aliphatic heterocycles. The minimum absolute atomic E-state index is 0. The summed E-state index contributed by atoms with van der Waals surface area (Å²) in [7, 11) is 0. The van der Waals surface area contributed by atoms with E-state index in [0.717, 1.165) is 24.4 Å². The molecule has 17 heavy (non-hydrogen) atoms. The highest BCUT2D eigenvalue weighted by Crippen LogP contribution is 2.15. The highest BCUT2D eigenvalue weighted by atomic mass is 35.5. The van der Waals surface area contributed by atoms with Gasteiger partial charge in [-0.05, 0) is 25.1 Å². The van der Waals surface area contributed by atoms with Crippen LogP contribution in [0.4, 0.5) is 0 Å². The number of nitrogens with one attached hydrogen (secondary N) is 2. The van der Waals surface area contributed by atoms with Gasteiger partial charge in [-0.15, -0.1) is 24.2 Å². The zero-order valence-corrected chi connectivity index (χ0v) is 11.0. The van der Waals surface area contributed by atoms with E-state index in [1.807, 2.05) is 12.1 Å². The van der Waals surface area contributed by atoms with Crippen LogP contribution in [0.1, 0.15) is 6.42 Å². The first-order chi connectivity index (χ1) is 7.84. The standard InChI is InChI=1S/C11H15N3OS.ClH/c15-11(14-9-1-4-13-7-9)8-16-10-2-5-12-6-3-10;/h2-3,5-6,9,13H,1,4,7-8H2,(H,14,15);1H. The first-order valence-electron chi connectivity index (χ1n) is 5.37. The van der Waals surface area contributed by atoms with Crippen molar-refractivity contribution in [3.05, 3.63) is 24.5 Å². The fraction of sp³-hybridized carbons (Fsp3) is 0.455. The van der Waals surface area contributed by atoms with Crippen molar-refractivity contribution in [3.63, 3.8) is 0 Å². The third kappa shape index (κ3) is 4.93. The summed E-state index contributed by atoms with van der Waals surface area (Å²) in [5, 5.41) is 6.23. The Bertz CT molecular complexity index is 344. The van der Waals surface area contributed by atoms with Gasteiger partial charge in [0.2, 0.25) is 5.91 Å². The Kier molecular flexibility index (Phi) is 6.32. The quantitative estimate of drug-likeness (QED) is 0.806. The molecule has 2 N–H and O–H groups in total. The van der Waals surface area contributed by atoms with E-state index in [-0.39, 0.29) is 18.3 Å². The fourth-order valence-corrected chi connectivity index (χ4v) is 2.33. The molecule has 2 rings (SSSR count). The highest BCUT2D eigenvalue weighted by Gasteiger charge is 2.16. The first-order valence-corrected chi connectivity index (χ1v) is 6.36. The molecule has 1 fully saturated rings. The van der Waals surface area contributed by atoms with Crippen molar-refractivity contribution < 1.29 is 4.79 Å². The lowest BCUT2D eigenvalue weighted by atomic mass is 10.3. The third-order valence-electron chi connectivity index (χ3n) is 2.45. The summed E-state index contributed by atoms with van der Waals surface area (Å²) in [5.74, 6) is 0.580. The number of halogens is 1. The summed E-state index contributed by atoms with van der Waals surface area (Å²) < 4.78 is 0. The average molecular weight is 274 g/mol. The predicted octanol–water partition coefficient (Wildman–Crippen LogP) is 1.07. The molecule has 1 aliphatic rings. The highest BCUT2D eigenvalue weighted by molar-refractivity contribution is 8.00. The summed E-state index contributed by atoms with van der Waals surface area (Å²) in [6.07, 6.45) is 4.51. The third-order valence-corrected chi connectivity index (χ3v) is 3.46. The van der Waals surface area contributed by atoms with E-state index < -0.39 is 0 Å². The summed E-state index contributed by atoms with van der Waals surface area (Å²) >= 11 is 1.54. The number of rotatable bonds is 4. The number of thioether (sulfide) groups is 1. The van der Waals surface area contributed by atoms with Gasteiger partial charge in [-0.25, -0.2) is 0 Å². The Morgan fingerprint density at radius 1 is 1.53 bits per heavy atom. The summed E-state index contributed by atoms with van der Waals surface area (Å²) in [4.78, 5) is 16.6. The monoisotopic (exact) mass is 273 g/mol. The molecule has 1 amide bonds. The molecule has 0 aliphatic carbocycles. The Labute approximate surface area is 111 Å². The molecule has 0 spiro atoms. The minimum Gasteiger partial charge on any atom is -0.351 e. The summed E-state index contributed by atoms with van der Waals surface area (Å²) in [6, 6.07) is 4.13. The summed E-state index contributed by atoms with van der Waals surface area (Å²) in [6.45, 7) is 1.90. The molecular formula is C11H16ClN3OS. The lowest BCUT2D eigenvalue weighted by molar-refractivity contribution is -0.119. The second kappa shape index (κ2) is 7.53. The van der Waals surface area contributed by atoms with Crippen LogP contribution < -0.4 is 10.6 Å². The van der Waals surface area contributed by atoms with Crippen molar-refractivity contribution in [2.75, 3.05) is 18.8 Å². The SMILES string of the molecule is Cl.O=C(CSc1ccncc1)NC1CCNC1. The van der Waals surface area contributed by atoms with Crippen molar-refractivity contribution >= 4 is 30.1 Å². The molecule has 0 aromatic carbocycles. The Morgan fingerprint density at radius 2 is 2.29 bits per heavy atom. The van der Waals surface area contributed by atoms with Crippen LogP contribution in [0.25, 0.3) is 0 Å². The Hall–Kier alpha value is -0.780. The maximum atomic E-state index is 11.6. The van der Waals surface area contributed by atoms with Crippen LogP contribution in [0.5, 0.6) is 0 Å². The van der Waals surface area contributed by atoms with Crippen LogP contribution in [-0.4, -0.2) is 35.8 Å². The molecule has 0 saturated carbocycles. The largest absolute Gasteiger partial charge is 0.351 e. The molecule has 1 atom stereocenters. The number of aromatic nitrogens is 1. The van der Waals surface area contributed by atoms with Gasteiger partial charge in [0.1, 0.15) is 0 Å². The number of hydrogen-bond acceptors (Lipinski definition) is 4. The van der Waals surface area contributed by atoms with Gasteiger partial charge in [0.05, 0.1) is 5.75 Å². The second-order valence-corrected chi connectivity index (χ2v) is 4.78. The molecule has 6 heteroatoms. The molecule has 1 saturated heterocycles. The van der Waals surface area contributed by atoms with Gasteiger partial charge in [-0.2, -0.15) is 0 Å². The van der Waals surface area contributed by atoms with Crippen molar-refractivity contribution in [2.24, 2.45) is 0 Å². The molecular weight excluding hydrogens is 258 g/mol. The lowest BCUT2D eigenvalue weighted by Gasteiger charge is -2.10. The van der Waals surface area contributed by atoms with E-state index in [2.05, 4.69) is 15.6 Å². The molecule has 1 aromatic heterocycles. The van der Waals surface area contributed by atoms with Gasteiger partial charge >= 0.3 is 0 Å². The number of pyridine rings is 1. The van der Waals surface area contributed by atoms with Gasteiger partial charge in [0.25, 0.3) is 0 Å². The smallest absolute Gasteiger partial charge is 0.230 e. The van der Waals surface area contributed by atoms with E-state index in [1.165, 1.54) is 11.8 Å². The molecule has 1 unspecified atom stereocenters. The zero-order chi connectivity index (χ0) is 11.2. The van der Waals surface area contributed by atoms with E-state index >= 15 is 0 Å². The molecule has 0 radical (unpaired) electrons. The van der Waals surface area contributed by atoms with Crippen LogP contribution in [0.15, 0.2) is 29.4 Å². The van der Waals surface area contributed by atoms with Crippen molar-refractivity contribution in [3.8, 4) is 0 Å². The normalized spacial score (nSPS) is 18.5. The fourth-order valence-electron chi connectivity index (χ4n) is 1.63. The predicted molar refractivity (Wildman–Crippen MR) is 71.6 cm³/mol. The van der Waals surface area contributed by atoms with Gasteiger partial charge in [0.15, 0.2) is 0 Å². The zero-order valence-electron chi connectivity index (χ0n) is 9.39. The minimum atomic E-state index is 0. The van der Waals surface area contributed by atoms with Gasteiger partial charge in [-0.1, -0.05) is 0 Å². The average Bonchev–Trinajstić information content (AvgIpc) is 2.81. The first kappa shape index (κ1) is 14.3. The van der Waals surface area contributed by atoms with Gasteiger partial charge in [0, 0.05) is 29.9 Å². The van der Waals surface area contributed by atoms with Crippen molar-refractivity contribution in [1.29, 1.82) is 0 Å². The topological polar surface area (TPSA) is 54.0 Å². The van der Waals surface area contributed by atoms with E-state index in [9.17, 15) is 4.79 Å². The van der Waals surface area contributed by atoms with Crippen LogP contribution in [0.2, 0.25) is 0 Å². The Balaban J connectivity index is 0.00000144. The molecule has 2 heterocycles. The molecule has 0 bridgehead atoms.